The van der Waals surface area contributed by atoms with Crippen LogP contribution >= 0.6 is 0 Å². The Morgan fingerprint density at radius 1 is 1.06 bits per heavy atom. The maximum atomic E-state index is 11.2. The molecule has 0 spiro atoms. The van der Waals surface area contributed by atoms with Gasteiger partial charge in [0.2, 0.25) is 0 Å². The zero-order chi connectivity index (χ0) is 12.5. The predicted octanol–water partition coefficient (Wildman–Crippen LogP) is 2.60. The first-order valence-corrected chi connectivity index (χ1v) is 6.61. The van der Waals surface area contributed by atoms with Crippen molar-refractivity contribution in [1.82, 2.24) is 0 Å². The molecular formula is C13H22O4. The second-order valence-electron chi connectivity index (χ2n) is 4.51. The van der Waals surface area contributed by atoms with Gasteiger partial charge in [-0.2, -0.15) is 0 Å². The number of hydrogen-bond donors (Lipinski definition) is 0. The first-order chi connectivity index (χ1) is 8.24. The lowest BCUT2D eigenvalue weighted by Crippen LogP contribution is -2.30. The Balaban J connectivity index is 1.97. The third-order valence-electron chi connectivity index (χ3n) is 2.97. The van der Waals surface area contributed by atoms with Crippen LogP contribution in [0.15, 0.2) is 0 Å². The van der Waals surface area contributed by atoms with Crippen LogP contribution in [0.3, 0.4) is 0 Å². The SMILES string of the molecule is CCCCCCCOC(=O)C(=O)OC1CCC1. The molecule has 17 heavy (non-hydrogen) atoms. The normalized spacial score (nSPS) is 15.1. The molecule has 0 atom stereocenters. The molecule has 1 aliphatic rings. The zero-order valence-electron chi connectivity index (χ0n) is 10.6. The van der Waals surface area contributed by atoms with Gasteiger partial charge in [-0.1, -0.05) is 32.6 Å². The van der Waals surface area contributed by atoms with Gasteiger partial charge in [0.05, 0.1) is 6.61 Å². The average molecular weight is 242 g/mol. The van der Waals surface area contributed by atoms with E-state index in [1.807, 2.05) is 0 Å². The predicted molar refractivity (Wildman–Crippen MR) is 63.4 cm³/mol. The van der Waals surface area contributed by atoms with Gasteiger partial charge in [0, 0.05) is 0 Å². The Bertz CT molecular complexity index is 246. The summed E-state index contributed by atoms with van der Waals surface area (Å²) >= 11 is 0. The van der Waals surface area contributed by atoms with Crippen molar-refractivity contribution in [2.24, 2.45) is 0 Å². The molecule has 98 valence electrons. The standard InChI is InChI=1S/C13H22O4/c1-2-3-4-5-6-10-16-12(14)13(15)17-11-8-7-9-11/h11H,2-10H2,1H3. The molecule has 1 aliphatic carbocycles. The van der Waals surface area contributed by atoms with Gasteiger partial charge in [0.1, 0.15) is 6.10 Å². The topological polar surface area (TPSA) is 52.6 Å². The lowest BCUT2D eigenvalue weighted by Gasteiger charge is -2.24. The summed E-state index contributed by atoms with van der Waals surface area (Å²) in [6.45, 7) is 2.47. The summed E-state index contributed by atoms with van der Waals surface area (Å²) in [4.78, 5) is 22.4. The van der Waals surface area contributed by atoms with E-state index in [9.17, 15) is 9.59 Å². The van der Waals surface area contributed by atoms with Gasteiger partial charge >= 0.3 is 11.9 Å². The second kappa shape index (κ2) is 8.09. The third kappa shape index (κ3) is 5.71. The van der Waals surface area contributed by atoms with E-state index < -0.39 is 11.9 Å². The summed E-state index contributed by atoms with van der Waals surface area (Å²) in [7, 11) is 0. The van der Waals surface area contributed by atoms with Gasteiger partial charge in [-0.25, -0.2) is 9.59 Å². The first kappa shape index (κ1) is 14.0. The van der Waals surface area contributed by atoms with Crippen molar-refractivity contribution in [2.45, 2.75) is 64.4 Å². The molecule has 0 heterocycles. The van der Waals surface area contributed by atoms with Gasteiger partial charge in [-0.15, -0.1) is 0 Å². The molecule has 0 saturated heterocycles. The van der Waals surface area contributed by atoms with Gasteiger partial charge in [-0.3, -0.25) is 0 Å². The average Bonchev–Trinajstić information content (AvgIpc) is 2.27. The summed E-state index contributed by atoms with van der Waals surface area (Å²) in [6, 6.07) is 0. The molecule has 0 bridgehead atoms. The number of carbonyl (C=O) groups is 2. The monoisotopic (exact) mass is 242 g/mol. The fraction of sp³-hybridized carbons (Fsp3) is 0.846. The number of unbranched alkanes of at least 4 members (excludes halogenated alkanes) is 4. The molecule has 0 radical (unpaired) electrons. The number of hydrogen-bond acceptors (Lipinski definition) is 4. The maximum Gasteiger partial charge on any atom is 0.417 e. The molecule has 0 amide bonds. The van der Waals surface area contributed by atoms with Gasteiger partial charge in [0.25, 0.3) is 0 Å². The molecule has 0 aromatic heterocycles. The maximum absolute atomic E-state index is 11.2. The van der Waals surface area contributed by atoms with Crippen LogP contribution in [0.5, 0.6) is 0 Å². The third-order valence-corrected chi connectivity index (χ3v) is 2.97. The molecule has 4 heteroatoms. The van der Waals surface area contributed by atoms with E-state index in [1.165, 1.54) is 12.8 Å². The molecule has 1 rings (SSSR count). The fourth-order valence-corrected chi connectivity index (χ4v) is 1.62. The highest BCUT2D eigenvalue weighted by Gasteiger charge is 2.26. The summed E-state index contributed by atoms with van der Waals surface area (Å²) < 4.78 is 9.77. The summed E-state index contributed by atoms with van der Waals surface area (Å²) in [6.07, 6.45) is 8.17. The van der Waals surface area contributed by atoms with Gasteiger partial charge in [-0.05, 0) is 25.7 Å². The van der Waals surface area contributed by atoms with E-state index in [-0.39, 0.29) is 6.10 Å². The number of rotatable bonds is 7. The van der Waals surface area contributed by atoms with Crippen LogP contribution in [0, 0.1) is 0 Å². The summed E-state index contributed by atoms with van der Waals surface area (Å²) in [5.41, 5.74) is 0. The van der Waals surface area contributed by atoms with E-state index in [4.69, 9.17) is 9.47 Å². The number of carbonyl (C=O) groups excluding carboxylic acids is 2. The molecular weight excluding hydrogens is 220 g/mol. The van der Waals surface area contributed by atoms with Crippen LogP contribution in [-0.4, -0.2) is 24.6 Å². The molecule has 0 aromatic carbocycles. The molecule has 1 saturated carbocycles. The summed E-state index contributed by atoms with van der Waals surface area (Å²) in [5.74, 6) is -1.67. The van der Waals surface area contributed by atoms with Gasteiger partial charge < -0.3 is 9.47 Å². The Kier molecular flexibility index (Phi) is 6.67. The Hall–Kier alpha value is -1.06. The molecule has 0 N–H and O–H groups in total. The highest BCUT2D eigenvalue weighted by Crippen LogP contribution is 2.21. The Morgan fingerprint density at radius 3 is 2.35 bits per heavy atom. The van der Waals surface area contributed by atoms with Crippen LogP contribution in [0.4, 0.5) is 0 Å². The molecule has 0 aliphatic heterocycles. The van der Waals surface area contributed by atoms with Crippen molar-refractivity contribution in [3.63, 3.8) is 0 Å². The van der Waals surface area contributed by atoms with Crippen LogP contribution in [-0.2, 0) is 19.1 Å². The van der Waals surface area contributed by atoms with Crippen molar-refractivity contribution in [1.29, 1.82) is 0 Å². The van der Waals surface area contributed by atoms with Crippen LogP contribution in [0.25, 0.3) is 0 Å². The fourth-order valence-electron chi connectivity index (χ4n) is 1.62. The first-order valence-electron chi connectivity index (χ1n) is 6.61. The zero-order valence-corrected chi connectivity index (χ0v) is 10.6. The molecule has 4 nitrogen and oxygen atoms in total. The van der Waals surface area contributed by atoms with Crippen molar-refractivity contribution in [3.8, 4) is 0 Å². The van der Waals surface area contributed by atoms with Crippen LogP contribution in [0.2, 0.25) is 0 Å². The second-order valence-corrected chi connectivity index (χ2v) is 4.51. The van der Waals surface area contributed by atoms with Crippen molar-refractivity contribution >= 4 is 11.9 Å². The highest BCUT2D eigenvalue weighted by molar-refractivity contribution is 6.29. The Morgan fingerprint density at radius 2 is 1.76 bits per heavy atom. The van der Waals surface area contributed by atoms with E-state index in [0.717, 1.165) is 38.5 Å². The smallest absolute Gasteiger partial charge is 0.417 e. The van der Waals surface area contributed by atoms with E-state index in [1.54, 1.807) is 0 Å². The van der Waals surface area contributed by atoms with Crippen molar-refractivity contribution < 1.29 is 19.1 Å². The van der Waals surface area contributed by atoms with Crippen molar-refractivity contribution in [3.05, 3.63) is 0 Å². The van der Waals surface area contributed by atoms with E-state index in [0.29, 0.717) is 6.61 Å². The summed E-state index contributed by atoms with van der Waals surface area (Å²) in [5, 5.41) is 0. The van der Waals surface area contributed by atoms with E-state index >= 15 is 0 Å². The largest absolute Gasteiger partial charge is 0.457 e. The lowest BCUT2D eigenvalue weighted by atomic mass is 9.96. The van der Waals surface area contributed by atoms with Gasteiger partial charge in [0.15, 0.2) is 0 Å². The minimum absolute atomic E-state index is 0.0559. The molecule has 0 unspecified atom stereocenters. The molecule has 1 fully saturated rings. The minimum atomic E-state index is -0.840. The number of esters is 2. The van der Waals surface area contributed by atoms with Crippen LogP contribution in [0.1, 0.15) is 58.3 Å². The van der Waals surface area contributed by atoms with E-state index in [2.05, 4.69) is 6.92 Å². The quantitative estimate of drug-likeness (QED) is 0.391. The van der Waals surface area contributed by atoms with Crippen LogP contribution < -0.4 is 0 Å². The van der Waals surface area contributed by atoms with Crippen molar-refractivity contribution in [2.75, 3.05) is 6.61 Å². The molecule has 0 aromatic rings. The highest BCUT2D eigenvalue weighted by atomic mass is 16.6. The Labute approximate surface area is 103 Å². The number of ether oxygens (including phenoxy) is 2. The minimum Gasteiger partial charge on any atom is -0.457 e. The lowest BCUT2D eigenvalue weighted by molar-refractivity contribution is -0.173.